The first-order valence-electron chi connectivity index (χ1n) is 6.20. The molecule has 7 nitrogen and oxygen atoms in total. The van der Waals surface area contributed by atoms with E-state index in [1.54, 1.807) is 7.05 Å². The molecule has 2 heterocycles. The van der Waals surface area contributed by atoms with Crippen LogP contribution in [-0.4, -0.2) is 54.4 Å². The van der Waals surface area contributed by atoms with Crippen molar-refractivity contribution in [3.63, 3.8) is 0 Å². The Kier molecular flexibility index (Phi) is 4.14. The highest BCUT2D eigenvalue weighted by molar-refractivity contribution is 5.37. The van der Waals surface area contributed by atoms with E-state index in [4.69, 9.17) is 9.47 Å². The lowest BCUT2D eigenvalue weighted by molar-refractivity contribution is -0.0831. The van der Waals surface area contributed by atoms with E-state index in [0.29, 0.717) is 31.1 Å². The van der Waals surface area contributed by atoms with Gasteiger partial charge in [-0.25, -0.2) is 0 Å². The average Bonchev–Trinajstić information content (AvgIpc) is 2.35. The van der Waals surface area contributed by atoms with E-state index in [1.807, 2.05) is 4.90 Å². The summed E-state index contributed by atoms with van der Waals surface area (Å²) in [6.45, 7) is 7.01. The predicted octanol–water partition coefficient (Wildman–Crippen LogP) is 0.537. The molecule has 0 aliphatic carbocycles. The van der Waals surface area contributed by atoms with Gasteiger partial charge in [-0.05, 0) is 13.8 Å². The van der Waals surface area contributed by atoms with Crippen molar-refractivity contribution in [3.05, 3.63) is 0 Å². The molecule has 0 unspecified atom stereocenters. The molecule has 0 amide bonds. The van der Waals surface area contributed by atoms with Crippen LogP contribution in [0.3, 0.4) is 0 Å². The van der Waals surface area contributed by atoms with Crippen LogP contribution in [-0.2, 0) is 4.74 Å². The monoisotopic (exact) mass is 253 g/mol. The van der Waals surface area contributed by atoms with Crippen molar-refractivity contribution in [1.29, 1.82) is 0 Å². The zero-order valence-corrected chi connectivity index (χ0v) is 11.0. The van der Waals surface area contributed by atoms with Crippen molar-refractivity contribution < 1.29 is 9.47 Å². The van der Waals surface area contributed by atoms with Crippen LogP contribution in [0.4, 0.5) is 11.9 Å². The SMILES string of the molecule is CCN(CC)c1nc(NC)nc(OC2COC2)n1. The fourth-order valence-corrected chi connectivity index (χ4v) is 1.59. The minimum absolute atomic E-state index is 0.0571. The van der Waals surface area contributed by atoms with Crippen LogP contribution in [0.1, 0.15) is 13.8 Å². The van der Waals surface area contributed by atoms with Gasteiger partial charge in [-0.3, -0.25) is 0 Å². The van der Waals surface area contributed by atoms with Crippen molar-refractivity contribution >= 4 is 11.9 Å². The molecule has 1 saturated heterocycles. The minimum Gasteiger partial charge on any atom is -0.455 e. The van der Waals surface area contributed by atoms with Crippen molar-refractivity contribution in [1.82, 2.24) is 15.0 Å². The smallest absolute Gasteiger partial charge is 0.323 e. The quantitative estimate of drug-likeness (QED) is 0.793. The lowest BCUT2D eigenvalue weighted by Crippen LogP contribution is -2.39. The lowest BCUT2D eigenvalue weighted by atomic mass is 10.3. The Bertz CT molecular complexity index is 393. The first kappa shape index (κ1) is 12.8. The number of nitrogens with one attached hydrogen (secondary N) is 1. The molecule has 0 bridgehead atoms. The Morgan fingerprint density at radius 1 is 1.28 bits per heavy atom. The molecule has 0 radical (unpaired) electrons. The minimum atomic E-state index is 0.0571. The first-order chi connectivity index (χ1) is 8.76. The van der Waals surface area contributed by atoms with Crippen LogP contribution in [0, 0.1) is 0 Å². The second kappa shape index (κ2) is 5.81. The molecule has 0 aromatic carbocycles. The number of rotatable bonds is 6. The fraction of sp³-hybridized carbons (Fsp3) is 0.727. The zero-order chi connectivity index (χ0) is 13.0. The third-order valence-electron chi connectivity index (χ3n) is 2.75. The highest BCUT2D eigenvalue weighted by Gasteiger charge is 2.22. The van der Waals surface area contributed by atoms with Crippen LogP contribution in [0.25, 0.3) is 0 Å². The third kappa shape index (κ3) is 2.79. The van der Waals surface area contributed by atoms with E-state index in [-0.39, 0.29) is 6.10 Å². The van der Waals surface area contributed by atoms with Gasteiger partial charge < -0.3 is 19.7 Å². The average molecular weight is 253 g/mol. The number of hydrogen-bond acceptors (Lipinski definition) is 7. The van der Waals surface area contributed by atoms with Crippen LogP contribution < -0.4 is 15.0 Å². The summed E-state index contributed by atoms with van der Waals surface area (Å²) in [6, 6.07) is 0.351. The van der Waals surface area contributed by atoms with Crippen LogP contribution in [0.5, 0.6) is 6.01 Å². The molecule has 1 aromatic rings. The topological polar surface area (TPSA) is 72.4 Å². The highest BCUT2D eigenvalue weighted by Crippen LogP contribution is 2.17. The van der Waals surface area contributed by atoms with Crippen molar-refractivity contribution in [2.45, 2.75) is 20.0 Å². The molecule has 2 rings (SSSR count). The third-order valence-corrected chi connectivity index (χ3v) is 2.75. The molecule has 0 atom stereocenters. The van der Waals surface area contributed by atoms with Crippen molar-refractivity contribution in [2.24, 2.45) is 0 Å². The Balaban J connectivity index is 2.19. The summed E-state index contributed by atoms with van der Waals surface area (Å²) in [5, 5.41) is 2.92. The molecule has 100 valence electrons. The molecule has 1 aromatic heterocycles. The largest absolute Gasteiger partial charge is 0.455 e. The van der Waals surface area contributed by atoms with Gasteiger partial charge >= 0.3 is 6.01 Å². The molecular weight excluding hydrogens is 234 g/mol. The second-order valence-corrected chi connectivity index (χ2v) is 3.94. The second-order valence-electron chi connectivity index (χ2n) is 3.94. The number of anilines is 2. The predicted molar refractivity (Wildman–Crippen MR) is 68.2 cm³/mol. The normalized spacial score (nSPS) is 15.1. The summed E-state index contributed by atoms with van der Waals surface area (Å²) in [5.74, 6) is 1.15. The number of hydrogen-bond donors (Lipinski definition) is 1. The maximum atomic E-state index is 5.62. The van der Waals surface area contributed by atoms with Crippen LogP contribution >= 0.6 is 0 Å². The van der Waals surface area contributed by atoms with E-state index in [1.165, 1.54) is 0 Å². The molecule has 0 spiro atoms. The van der Waals surface area contributed by atoms with Gasteiger partial charge in [-0.2, -0.15) is 15.0 Å². The van der Waals surface area contributed by atoms with Gasteiger partial charge in [0.15, 0.2) is 0 Å². The standard InChI is InChI=1S/C11H19N5O2/c1-4-16(5-2)10-13-9(12-3)14-11(15-10)18-8-6-17-7-8/h8H,4-7H2,1-3H3,(H,12,13,14,15). The molecular formula is C11H19N5O2. The molecule has 1 fully saturated rings. The van der Waals surface area contributed by atoms with E-state index in [9.17, 15) is 0 Å². The summed E-state index contributed by atoms with van der Waals surface area (Å²) in [5.41, 5.74) is 0. The summed E-state index contributed by atoms with van der Waals surface area (Å²) in [6.07, 6.45) is 0.0571. The van der Waals surface area contributed by atoms with Crippen LogP contribution in [0.15, 0.2) is 0 Å². The Labute approximate surface area is 107 Å². The molecule has 7 heteroatoms. The Morgan fingerprint density at radius 3 is 2.50 bits per heavy atom. The molecule has 0 saturated carbocycles. The summed E-state index contributed by atoms with van der Waals surface area (Å²) < 4.78 is 10.7. The number of ether oxygens (including phenoxy) is 2. The molecule has 1 N–H and O–H groups in total. The van der Waals surface area contributed by atoms with Gasteiger partial charge in [0.25, 0.3) is 0 Å². The maximum absolute atomic E-state index is 5.62. The van der Waals surface area contributed by atoms with Gasteiger partial charge in [0.1, 0.15) is 6.10 Å². The maximum Gasteiger partial charge on any atom is 0.323 e. The zero-order valence-electron chi connectivity index (χ0n) is 11.0. The number of nitrogens with zero attached hydrogens (tertiary/aromatic N) is 4. The van der Waals surface area contributed by atoms with Gasteiger partial charge in [0, 0.05) is 20.1 Å². The molecule has 1 aliphatic heterocycles. The summed E-state index contributed by atoms with van der Waals surface area (Å²) in [4.78, 5) is 14.9. The van der Waals surface area contributed by atoms with Gasteiger partial charge in [-0.1, -0.05) is 0 Å². The van der Waals surface area contributed by atoms with E-state index < -0.39 is 0 Å². The van der Waals surface area contributed by atoms with Crippen molar-refractivity contribution in [3.8, 4) is 6.01 Å². The first-order valence-corrected chi connectivity index (χ1v) is 6.20. The Morgan fingerprint density at radius 2 is 2.00 bits per heavy atom. The fourth-order valence-electron chi connectivity index (χ4n) is 1.59. The molecule has 1 aliphatic rings. The van der Waals surface area contributed by atoms with Gasteiger partial charge in [0.2, 0.25) is 11.9 Å². The molecule has 18 heavy (non-hydrogen) atoms. The van der Waals surface area contributed by atoms with Gasteiger partial charge in [0.05, 0.1) is 13.2 Å². The van der Waals surface area contributed by atoms with E-state index in [2.05, 4.69) is 34.1 Å². The number of aromatic nitrogens is 3. The van der Waals surface area contributed by atoms with Crippen LogP contribution in [0.2, 0.25) is 0 Å². The summed E-state index contributed by atoms with van der Waals surface area (Å²) >= 11 is 0. The van der Waals surface area contributed by atoms with Crippen molar-refractivity contribution in [2.75, 3.05) is 43.6 Å². The van der Waals surface area contributed by atoms with E-state index in [0.717, 1.165) is 13.1 Å². The lowest BCUT2D eigenvalue weighted by Gasteiger charge is -2.26. The Hall–Kier alpha value is -1.63. The summed E-state index contributed by atoms with van der Waals surface area (Å²) in [7, 11) is 1.78. The van der Waals surface area contributed by atoms with E-state index >= 15 is 0 Å². The van der Waals surface area contributed by atoms with Gasteiger partial charge in [-0.15, -0.1) is 0 Å². The highest BCUT2D eigenvalue weighted by atomic mass is 16.6.